The number of halogens is 1. The van der Waals surface area contributed by atoms with Crippen molar-refractivity contribution in [2.75, 3.05) is 12.4 Å². The lowest BCUT2D eigenvalue weighted by molar-refractivity contribution is 0.492. The van der Waals surface area contributed by atoms with Gasteiger partial charge >= 0.3 is 0 Å². The molecule has 0 aliphatic rings. The van der Waals surface area contributed by atoms with E-state index in [1.807, 2.05) is 0 Å². The predicted octanol–water partition coefficient (Wildman–Crippen LogP) is 0.504. The van der Waals surface area contributed by atoms with Crippen molar-refractivity contribution in [3.05, 3.63) is 11.9 Å². The molecule has 3 nitrogen and oxygen atoms in total. The monoisotopic (exact) mass is 129 g/mol. The van der Waals surface area contributed by atoms with E-state index in [1.54, 1.807) is 0 Å². The number of hydrogen-bond acceptors (Lipinski definition) is 2. The minimum absolute atomic E-state index is 0.346. The fourth-order valence-corrected chi connectivity index (χ4v) is 0.605. The molecule has 0 aromatic carbocycles. The number of nitrogens with zero attached hydrogens (tertiary/aromatic N) is 1. The van der Waals surface area contributed by atoms with Crippen LogP contribution < -0.4 is 5.73 Å². The van der Waals surface area contributed by atoms with Gasteiger partial charge in [-0.1, -0.05) is 0 Å². The van der Waals surface area contributed by atoms with Gasteiger partial charge in [0.2, 0.25) is 0 Å². The summed E-state index contributed by atoms with van der Waals surface area (Å²) in [5, 5.41) is 0. The third-order valence-corrected chi connectivity index (χ3v) is 1.01. The lowest BCUT2D eigenvalue weighted by Crippen LogP contribution is -1.88. The molecule has 9 heavy (non-hydrogen) atoms. The maximum Gasteiger partial charge on any atom is 0.197 e. The number of nitrogens with two attached hydrogens (primary N) is 1. The van der Waals surface area contributed by atoms with Crippen molar-refractivity contribution in [3.63, 3.8) is 0 Å². The SMILES string of the molecule is Nc1ncc(CCF)[nH]1. The van der Waals surface area contributed by atoms with E-state index in [-0.39, 0.29) is 6.67 Å². The van der Waals surface area contributed by atoms with Gasteiger partial charge in [0.15, 0.2) is 5.95 Å². The van der Waals surface area contributed by atoms with Gasteiger partial charge in [-0.3, -0.25) is 4.39 Å². The summed E-state index contributed by atoms with van der Waals surface area (Å²) in [6, 6.07) is 0. The largest absolute Gasteiger partial charge is 0.369 e. The van der Waals surface area contributed by atoms with Crippen LogP contribution in [0, 0.1) is 0 Å². The fraction of sp³-hybridized carbons (Fsp3) is 0.400. The van der Waals surface area contributed by atoms with Gasteiger partial charge < -0.3 is 10.7 Å². The highest BCUT2D eigenvalue weighted by Crippen LogP contribution is 1.97. The highest BCUT2D eigenvalue weighted by atomic mass is 19.1. The van der Waals surface area contributed by atoms with Crippen LogP contribution in [0.2, 0.25) is 0 Å². The van der Waals surface area contributed by atoms with Crippen LogP contribution in [0.25, 0.3) is 0 Å². The Bertz CT molecular complexity index is 184. The normalized spacial score (nSPS) is 9.89. The number of H-pyrrole nitrogens is 1. The Morgan fingerprint density at radius 3 is 3.00 bits per heavy atom. The second-order valence-electron chi connectivity index (χ2n) is 1.73. The standard InChI is InChI=1S/C5H8FN3/c6-2-1-4-3-8-5(7)9-4/h3H,1-2H2,(H3,7,8,9). The zero-order valence-corrected chi connectivity index (χ0v) is 4.89. The van der Waals surface area contributed by atoms with Crippen LogP contribution in [0.3, 0.4) is 0 Å². The van der Waals surface area contributed by atoms with E-state index in [1.165, 1.54) is 6.20 Å². The Kier molecular flexibility index (Phi) is 1.67. The van der Waals surface area contributed by atoms with Gasteiger partial charge in [0.05, 0.1) is 12.9 Å². The number of imidazole rings is 1. The maximum atomic E-state index is 11.6. The van der Waals surface area contributed by atoms with E-state index < -0.39 is 0 Å². The molecule has 0 unspecified atom stereocenters. The van der Waals surface area contributed by atoms with Crippen LogP contribution in [-0.4, -0.2) is 16.6 Å². The van der Waals surface area contributed by atoms with Crippen LogP contribution in [-0.2, 0) is 6.42 Å². The molecule has 0 fully saturated rings. The summed E-state index contributed by atoms with van der Waals surface area (Å²) in [6.45, 7) is -0.373. The number of nitrogens with one attached hydrogen (secondary N) is 1. The molecule has 1 aromatic heterocycles. The topological polar surface area (TPSA) is 54.7 Å². The Labute approximate surface area is 52.1 Å². The molecule has 0 radical (unpaired) electrons. The molecule has 0 saturated heterocycles. The van der Waals surface area contributed by atoms with Crippen LogP contribution in [0.4, 0.5) is 10.3 Å². The molecule has 0 aliphatic carbocycles. The van der Waals surface area contributed by atoms with Crippen molar-refractivity contribution in [1.29, 1.82) is 0 Å². The summed E-state index contributed by atoms with van der Waals surface area (Å²) in [4.78, 5) is 6.39. The molecule has 0 amide bonds. The highest BCUT2D eigenvalue weighted by molar-refractivity contribution is 5.18. The number of aromatic amines is 1. The van der Waals surface area contributed by atoms with Crippen molar-refractivity contribution in [2.24, 2.45) is 0 Å². The third kappa shape index (κ3) is 1.42. The second kappa shape index (κ2) is 2.48. The maximum absolute atomic E-state index is 11.6. The molecule has 0 saturated carbocycles. The summed E-state index contributed by atoms with van der Waals surface area (Å²) in [5.41, 5.74) is 5.97. The minimum Gasteiger partial charge on any atom is -0.369 e. The van der Waals surface area contributed by atoms with Gasteiger partial charge in [0, 0.05) is 12.1 Å². The zero-order chi connectivity index (χ0) is 6.69. The van der Waals surface area contributed by atoms with Gasteiger partial charge in [-0.2, -0.15) is 0 Å². The fourth-order valence-electron chi connectivity index (χ4n) is 0.605. The molecule has 1 heterocycles. The summed E-state index contributed by atoms with van der Waals surface area (Å²) in [6.07, 6.45) is 1.90. The van der Waals surface area contributed by atoms with Crippen molar-refractivity contribution in [3.8, 4) is 0 Å². The lowest BCUT2D eigenvalue weighted by Gasteiger charge is -1.85. The van der Waals surface area contributed by atoms with Crippen molar-refractivity contribution in [1.82, 2.24) is 9.97 Å². The summed E-state index contributed by atoms with van der Waals surface area (Å²) < 4.78 is 11.6. The third-order valence-electron chi connectivity index (χ3n) is 1.01. The highest BCUT2D eigenvalue weighted by Gasteiger charge is 1.94. The average Bonchev–Trinajstić information content (AvgIpc) is 2.17. The quantitative estimate of drug-likeness (QED) is 0.611. The zero-order valence-electron chi connectivity index (χ0n) is 4.89. The molecule has 1 aromatic rings. The molecule has 1 rings (SSSR count). The second-order valence-corrected chi connectivity index (χ2v) is 1.73. The van der Waals surface area contributed by atoms with E-state index in [0.29, 0.717) is 12.4 Å². The lowest BCUT2D eigenvalue weighted by atomic mass is 10.4. The summed E-state index contributed by atoms with van der Waals surface area (Å²) >= 11 is 0. The predicted molar refractivity (Wildman–Crippen MR) is 32.7 cm³/mol. The van der Waals surface area contributed by atoms with Crippen LogP contribution >= 0.6 is 0 Å². The first-order valence-electron chi connectivity index (χ1n) is 2.68. The van der Waals surface area contributed by atoms with Crippen LogP contribution in [0.15, 0.2) is 6.20 Å². The summed E-state index contributed by atoms with van der Waals surface area (Å²) in [5.74, 6) is 0.346. The van der Waals surface area contributed by atoms with Crippen molar-refractivity contribution < 1.29 is 4.39 Å². The van der Waals surface area contributed by atoms with Crippen molar-refractivity contribution in [2.45, 2.75) is 6.42 Å². The first kappa shape index (κ1) is 6.07. The molecule has 3 N–H and O–H groups in total. The van der Waals surface area contributed by atoms with Crippen molar-refractivity contribution >= 4 is 5.95 Å². The van der Waals surface area contributed by atoms with Gasteiger partial charge in [-0.15, -0.1) is 0 Å². The minimum atomic E-state index is -0.373. The van der Waals surface area contributed by atoms with Crippen LogP contribution in [0.1, 0.15) is 5.69 Å². The first-order chi connectivity index (χ1) is 4.33. The van der Waals surface area contributed by atoms with Gasteiger partial charge in [-0.25, -0.2) is 4.98 Å². The number of nitrogen functional groups attached to an aromatic ring is 1. The van der Waals surface area contributed by atoms with E-state index in [2.05, 4.69) is 9.97 Å². The number of aromatic nitrogens is 2. The number of hydrogen-bond donors (Lipinski definition) is 2. The molecule has 0 bridgehead atoms. The molecule has 50 valence electrons. The van der Waals surface area contributed by atoms with Gasteiger partial charge in [0.25, 0.3) is 0 Å². The molecular formula is C5H8FN3. The average molecular weight is 129 g/mol. The molecular weight excluding hydrogens is 121 g/mol. The summed E-state index contributed by atoms with van der Waals surface area (Å²) in [7, 11) is 0. The van der Waals surface area contributed by atoms with Gasteiger partial charge in [0.1, 0.15) is 0 Å². The Morgan fingerprint density at radius 1 is 1.78 bits per heavy atom. The van der Waals surface area contributed by atoms with Crippen LogP contribution in [0.5, 0.6) is 0 Å². The Morgan fingerprint density at radius 2 is 2.56 bits per heavy atom. The number of anilines is 1. The number of alkyl halides is 1. The molecule has 0 atom stereocenters. The van der Waals surface area contributed by atoms with E-state index >= 15 is 0 Å². The first-order valence-corrected chi connectivity index (χ1v) is 2.68. The van der Waals surface area contributed by atoms with E-state index in [0.717, 1.165) is 5.69 Å². The smallest absolute Gasteiger partial charge is 0.197 e. The Balaban J connectivity index is 2.61. The van der Waals surface area contributed by atoms with E-state index in [4.69, 9.17) is 5.73 Å². The molecule has 0 spiro atoms. The van der Waals surface area contributed by atoms with E-state index in [9.17, 15) is 4.39 Å². The number of aryl methyl sites for hydroxylation is 1. The Hall–Kier alpha value is -1.06. The number of rotatable bonds is 2. The molecule has 4 heteroatoms. The van der Waals surface area contributed by atoms with Gasteiger partial charge in [-0.05, 0) is 0 Å². The molecule has 0 aliphatic heterocycles.